The Morgan fingerprint density at radius 1 is 1.00 bits per heavy atom. The van der Waals surface area contributed by atoms with E-state index in [1.807, 2.05) is 0 Å². The number of alkyl halides is 1. The fraction of sp³-hybridized carbons (Fsp3) is 0.818. The summed E-state index contributed by atoms with van der Waals surface area (Å²) in [6.07, 6.45) is 4.61. The van der Waals surface area contributed by atoms with Crippen LogP contribution in [0.5, 0.6) is 0 Å². The third kappa shape index (κ3) is 4.59. The summed E-state index contributed by atoms with van der Waals surface area (Å²) in [5.74, 6) is -3.82. The molecule has 0 fully saturated rings. The first-order valence-corrected chi connectivity index (χ1v) is 5.61. The van der Waals surface area contributed by atoms with Gasteiger partial charge in [0.2, 0.25) is 0 Å². The van der Waals surface area contributed by atoms with E-state index in [1.165, 1.54) is 0 Å². The standard InChI is InChI=1S/C11H19FO4/c1-2-3-4-5-6-7-8-11(12,9(13)14)10(15)16/h2-8H2,1H3,(H,13,14)(H,15,16). The summed E-state index contributed by atoms with van der Waals surface area (Å²) in [6, 6.07) is 0. The fourth-order valence-corrected chi connectivity index (χ4v) is 1.45. The van der Waals surface area contributed by atoms with Crippen molar-refractivity contribution in [2.75, 3.05) is 0 Å². The molecule has 0 amide bonds. The maximum atomic E-state index is 13.4. The van der Waals surface area contributed by atoms with Crippen LogP contribution in [-0.4, -0.2) is 27.8 Å². The van der Waals surface area contributed by atoms with Gasteiger partial charge in [0.1, 0.15) is 0 Å². The van der Waals surface area contributed by atoms with Crippen LogP contribution in [0.2, 0.25) is 0 Å². The minimum atomic E-state index is -3.12. The van der Waals surface area contributed by atoms with Crippen molar-refractivity contribution in [3.05, 3.63) is 0 Å². The summed E-state index contributed by atoms with van der Waals surface area (Å²) >= 11 is 0. The van der Waals surface area contributed by atoms with Gasteiger partial charge in [-0.05, 0) is 6.42 Å². The zero-order valence-corrected chi connectivity index (χ0v) is 9.54. The second kappa shape index (κ2) is 7.19. The maximum absolute atomic E-state index is 13.4. The van der Waals surface area contributed by atoms with Crippen molar-refractivity contribution in [3.63, 3.8) is 0 Å². The van der Waals surface area contributed by atoms with Crippen molar-refractivity contribution in [1.82, 2.24) is 0 Å². The molecule has 0 aromatic heterocycles. The van der Waals surface area contributed by atoms with Crippen molar-refractivity contribution in [2.24, 2.45) is 0 Å². The van der Waals surface area contributed by atoms with Gasteiger partial charge in [-0.15, -0.1) is 0 Å². The lowest BCUT2D eigenvalue weighted by atomic mass is 9.97. The van der Waals surface area contributed by atoms with Crippen molar-refractivity contribution in [3.8, 4) is 0 Å². The quantitative estimate of drug-likeness (QED) is 0.475. The smallest absolute Gasteiger partial charge is 0.353 e. The first-order valence-electron chi connectivity index (χ1n) is 5.61. The van der Waals surface area contributed by atoms with Crippen LogP contribution in [0, 0.1) is 0 Å². The maximum Gasteiger partial charge on any atom is 0.353 e. The highest BCUT2D eigenvalue weighted by atomic mass is 19.1. The van der Waals surface area contributed by atoms with Crippen LogP contribution in [0.3, 0.4) is 0 Å². The van der Waals surface area contributed by atoms with Crippen LogP contribution in [0.25, 0.3) is 0 Å². The summed E-state index contributed by atoms with van der Waals surface area (Å²) in [4.78, 5) is 20.9. The molecule has 0 spiro atoms. The van der Waals surface area contributed by atoms with Crippen LogP contribution in [0.4, 0.5) is 4.39 Å². The number of carboxylic acids is 2. The van der Waals surface area contributed by atoms with Crippen LogP contribution in [0.15, 0.2) is 0 Å². The SMILES string of the molecule is CCCCCCCCC(F)(C(=O)O)C(=O)O. The van der Waals surface area contributed by atoms with Crippen molar-refractivity contribution in [2.45, 2.75) is 57.5 Å². The van der Waals surface area contributed by atoms with E-state index in [4.69, 9.17) is 10.2 Å². The van der Waals surface area contributed by atoms with Gasteiger partial charge in [-0.3, -0.25) is 0 Å². The van der Waals surface area contributed by atoms with Crippen molar-refractivity contribution >= 4 is 11.9 Å². The van der Waals surface area contributed by atoms with Crippen LogP contribution >= 0.6 is 0 Å². The number of carbonyl (C=O) groups is 2. The second-order valence-corrected chi connectivity index (χ2v) is 3.93. The molecule has 0 aromatic carbocycles. The number of rotatable bonds is 9. The molecule has 2 N–H and O–H groups in total. The molecule has 0 unspecified atom stereocenters. The Morgan fingerprint density at radius 3 is 1.88 bits per heavy atom. The van der Waals surface area contributed by atoms with E-state index in [-0.39, 0.29) is 0 Å². The molecule has 4 nitrogen and oxygen atoms in total. The van der Waals surface area contributed by atoms with Crippen molar-refractivity contribution < 1.29 is 24.2 Å². The first kappa shape index (κ1) is 14.9. The molecule has 0 atom stereocenters. The minimum Gasteiger partial charge on any atom is -0.478 e. The van der Waals surface area contributed by atoms with E-state index < -0.39 is 24.0 Å². The molecule has 0 aliphatic heterocycles. The van der Waals surface area contributed by atoms with Crippen LogP contribution in [-0.2, 0) is 9.59 Å². The summed E-state index contributed by atoms with van der Waals surface area (Å²) in [7, 11) is 0. The lowest BCUT2D eigenvalue weighted by Gasteiger charge is -2.14. The highest BCUT2D eigenvalue weighted by Gasteiger charge is 2.46. The minimum absolute atomic E-state index is 0.290. The monoisotopic (exact) mass is 234 g/mol. The zero-order chi connectivity index (χ0) is 12.6. The largest absolute Gasteiger partial charge is 0.478 e. The number of carboxylic acid groups (broad SMARTS) is 2. The second-order valence-electron chi connectivity index (χ2n) is 3.93. The topological polar surface area (TPSA) is 74.6 Å². The number of halogens is 1. The lowest BCUT2D eigenvalue weighted by molar-refractivity contribution is -0.167. The van der Waals surface area contributed by atoms with Crippen LogP contribution < -0.4 is 0 Å². The molecular weight excluding hydrogens is 215 g/mol. The molecule has 0 aliphatic rings. The van der Waals surface area contributed by atoms with E-state index in [0.29, 0.717) is 12.8 Å². The predicted octanol–water partition coefficient (Wildman–Crippen LogP) is 2.61. The summed E-state index contributed by atoms with van der Waals surface area (Å²) in [5, 5.41) is 17.0. The molecule has 0 saturated heterocycles. The Morgan fingerprint density at radius 2 is 1.44 bits per heavy atom. The molecule has 0 aliphatic carbocycles. The van der Waals surface area contributed by atoms with E-state index in [0.717, 1.165) is 25.7 Å². The molecule has 0 bridgehead atoms. The van der Waals surface area contributed by atoms with Gasteiger partial charge in [-0.1, -0.05) is 39.0 Å². The summed E-state index contributed by atoms with van der Waals surface area (Å²) in [6.45, 7) is 2.07. The molecule has 16 heavy (non-hydrogen) atoms. The number of hydrogen-bond acceptors (Lipinski definition) is 2. The van der Waals surface area contributed by atoms with E-state index in [9.17, 15) is 14.0 Å². The van der Waals surface area contributed by atoms with Gasteiger partial charge >= 0.3 is 17.6 Å². The lowest BCUT2D eigenvalue weighted by Crippen LogP contribution is -2.42. The Balaban J connectivity index is 3.88. The molecule has 0 heterocycles. The molecule has 0 saturated carbocycles. The van der Waals surface area contributed by atoms with Gasteiger partial charge in [0.05, 0.1) is 0 Å². The summed E-state index contributed by atoms with van der Waals surface area (Å²) < 4.78 is 13.4. The zero-order valence-electron chi connectivity index (χ0n) is 9.54. The van der Waals surface area contributed by atoms with E-state index in [1.54, 1.807) is 0 Å². The Kier molecular flexibility index (Phi) is 6.69. The molecule has 0 rings (SSSR count). The Bertz CT molecular complexity index is 226. The molecule has 0 radical (unpaired) electrons. The van der Waals surface area contributed by atoms with Gasteiger partial charge in [0, 0.05) is 6.42 Å². The highest BCUT2D eigenvalue weighted by molar-refractivity contribution is 6.01. The van der Waals surface area contributed by atoms with Gasteiger partial charge in [0.25, 0.3) is 0 Å². The van der Waals surface area contributed by atoms with Gasteiger partial charge in [-0.2, -0.15) is 0 Å². The number of hydrogen-bond donors (Lipinski definition) is 2. The van der Waals surface area contributed by atoms with E-state index >= 15 is 0 Å². The van der Waals surface area contributed by atoms with Gasteiger partial charge in [0.15, 0.2) is 0 Å². The Labute approximate surface area is 94.5 Å². The average Bonchev–Trinajstić information content (AvgIpc) is 2.22. The molecule has 5 heteroatoms. The van der Waals surface area contributed by atoms with Gasteiger partial charge in [-0.25, -0.2) is 14.0 Å². The van der Waals surface area contributed by atoms with Gasteiger partial charge < -0.3 is 10.2 Å². The number of unbranched alkanes of at least 4 members (excludes halogenated alkanes) is 5. The molecular formula is C11H19FO4. The predicted molar refractivity (Wildman–Crippen MR) is 57.1 cm³/mol. The fourth-order valence-electron chi connectivity index (χ4n) is 1.45. The molecule has 94 valence electrons. The number of aliphatic carboxylic acids is 2. The third-order valence-electron chi connectivity index (χ3n) is 2.55. The third-order valence-corrected chi connectivity index (χ3v) is 2.55. The van der Waals surface area contributed by atoms with Crippen molar-refractivity contribution in [1.29, 1.82) is 0 Å². The normalized spacial score (nSPS) is 11.4. The van der Waals surface area contributed by atoms with E-state index in [2.05, 4.69) is 6.92 Å². The summed E-state index contributed by atoms with van der Waals surface area (Å²) in [5.41, 5.74) is -3.12. The highest BCUT2D eigenvalue weighted by Crippen LogP contribution is 2.21. The van der Waals surface area contributed by atoms with Crippen LogP contribution in [0.1, 0.15) is 51.9 Å². The molecule has 0 aromatic rings. The Hall–Kier alpha value is -1.13. The first-order chi connectivity index (χ1) is 7.45. The average molecular weight is 234 g/mol.